The zero-order valence-electron chi connectivity index (χ0n) is 13.8. The molecule has 25 heavy (non-hydrogen) atoms. The van der Waals surface area contributed by atoms with Gasteiger partial charge in [0.25, 0.3) is 0 Å². The van der Waals surface area contributed by atoms with Crippen molar-refractivity contribution in [3.05, 3.63) is 52.6 Å². The Morgan fingerprint density at radius 2 is 1.72 bits per heavy atom. The summed E-state index contributed by atoms with van der Waals surface area (Å²) in [5, 5.41) is 6.52. The Morgan fingerprint density at radius 1 is 1.08 bits per heavy atom. The number of benzene rings is 1. The molecule has 2 rings (SSSR count). The minimum Gasteiger partial charge on any atom is -0.325 e. The van der Waals surface area contributed by atoms with Gasteiger partial charge in [0.2, 0.25) is 11.8 Å². The van der Waals surface area contributed by atoms with Crippen molar-refractivity contribution in [1.29, 1.82) is 0 Å². The van der Waals surface area contributed by atoms with Crippen molar-refractivity contribution in [1.82, 2.24) is 9.88 Å². The van der Waals surface area contributed by atoms with E-state index in [-0.39, 0.29) is 18.4 Å². The van der Waals surface area contributed by atoms with Crippen LogP contribution < -0.4 is 10.6 Å². The second-order valence-electron chi connectivity index (χ2n) is 5.50. The third-order valence-electron chi connectivity index (χ3n) is 3.54. The summed E-state index contributed by atoms with van der Waals surface area (Å²) in [5.74, 6) is -0.0917. The number of amides is 2. The van der Waals surface area contributed by atoms with E-state index in [1.54, 1.807) is 55.3 Å². The first-order chi connectivity index (χ1) is 11.8. The molecule has 2 amide bonds. The van der Waals surface area contributed by atoms with Gasteiger partial charge in [-0.25, -0.2) is 4.98 Å². The second kappa shape index (κ2) is 8.80. The molecular formula is C17H18Cl2N4O2. The molecule has 2 N–H and O–H groups in total. The lowest BCUT2D eigenvalue weighted by Crippen LogP contribution is -2.43. The molecule has 0 fully saturated rings. The van der Waals surface area contributed by atoms with Crippen molar-refractivity contribution in [3.8, 4) is 0 Å². The van der Waals surface area contributed by atoms with Crippen molar-refractivity contribution in [2.24, 2.45) is 0 Å². The Hall–Kier alpha value is -2.15. The SMILES string of the molecule is C[C@H](C(=O)Nc1ccc(Cl)cn1)N(C)CC(=O)Nc1ccc(Cl)cc1. The normalized spacial score (nSPS) is 11.9. The van der Waals surface area contributed by atoms with Crippen molar-refractivity contribution in [2.75, 3.05) is 24.2 Å². The fourth-order valence-corrected chi connectivity index (χ4v) is 2.22. The number of nitrogens with one attached hydrogen (secondary N) is 2. The second-order valence-corrected chi connectivity index (χ2v) is 6.37. The Morgan fingerprint density at radius 3 is 2.32 bits per heavy atom. The van der Waals surface area contributed by atoms with Crippen LogP contribution in [0.4, 0.5) is 11.5 Å². The van der Waals surface area contributed by atoms with Gasteiger partial charge in [-0.2, -0.15) is 0 Å². The molecule has 0 aliphatic heterocycles. The minimum absolute atomic E-state index is 0.0608. The van der Waals surface area contributed by atoms with Gasteiger partial charge in [0, 0.05) is 16.9 Å². The van der Waals surface area contributed by atoms with Gasteiger partial charge < -0.3 is 10.6 Å². The minimum atomic E-state index is -0.520. The first kappa shape index (κ1) is 19.2. The predicted octanol–water partition coefficient (Wildman–Crippen LogP) is 3.29. The summed E-state index contributed by atoms with van der Waals surface area (Å²) in [5.41, 5.74) is 0.644. The highest BCUT2D eigenvalue weighted by Gasteiger charge is 2.20. The molecule has 0 spiro atoms. The van der Waals surface area contributed by atoms with Crippen LogP contribution in [0, 0.1) is 0 Å². The Balaban J connectivity index is 1.86. The number of carbonyl (C=O) groups excluding carboxylic acids is 2. The highest BCUT2D eigenvalue weighted by Crippen LogP contribution is 2.14. The summed E-state index contributed by atoms with van der Waals surface area (Å²) in [6.45, 7) is 1.77. The molecule has 2 aromatic rings. The number of aromatic nitrogens is 1. The smallest absolute Gasteiger partial charge is 0.242 e. The number of likely N-dealkylation sites (N-methyl/N-ethyl adjacent to an activating group) is 1. The van der Waals surface area contributed by atoms with Crippen LogP contribution in [0.15, 0.2) is 42.6 Å². The first-order valence-corrected chi connectivity index (χ1v) is 8.29. The number of carbonyl (C=O) groups is 2. The third kappa shape index (κ3) is 6.01. The first-order valence-electron chi connectivity index (χ1n) is 7.53. The monoisotopic (exact) mass is 380 g/mol. The number of pyridine rings is 1. The summed E-state index contributed by atoms with van der Waals surface area (Å²) in [6, 6.07) is 9.53. The molecule has 6 nitrogen and oxygen atoms in total. The zero-order chi connectivity index (χ0) is 18.4. The van der Waals surface area contributed by atoms with Gasteiger partial charge in [-0.05, 0) is 50.4 Å². The van der Waals surface area contributed by atoms with Gasteiger partial charge in [0.1, 0.15) is 5.82 Å². The molecule has 0 radical (unpaired) electrons. The Kier molecular flexibility index (Phi) is 6.75. The molecule has 1 aromatic heterocycles. The quantitative estimate of drug-likeness (QED) is 0.806. The summed E-state index contributed by atoms with van der Waals surface area (Å²) in [7, 11) is 1.70. The Labute approximate surface area is 156 Å². The maximum atomic E-state index is 12.2. The molecule has 1 heterocycles. The molecule has 1 atom stereocenters. The lowest BCUT2D eigenvalue weighted by atomic mass is 10.2. The summed E-state index contributed by atoms with van der Waals surface area (Å²) >= 11 is 11.6. The molecule has 0 unspecified atom stereocenters. The van der Waals surface area contributed by atoms with E-state index < -0.39 is 6.04 Å². The maximum Gasteiger partial charge on any atom is 0.242 e. The van der Waals surface area contributed by atoms with Crippen molar-refractivity contribution < 1.29 is 9.59 Å². The molecule has 1 aromatic carbocycles. The summed E-state index contributed by atoms with van der Waals surface area (Å²) in [6.07, 6.45) is 1.45. The lowest BCUT2D eigenvalue weighted by molar-refractivity contribution is -0.122. The zero-order valence-corrected chi connectivity index (χ0v) is 15.3. The van der Waals surface area contributed by atoms with Crippen LogP contribution in [0.2, 0.25) is 10.0 Å². The fraction of sp³-hybridized carbons (Fsp3) is 0.235. The van der Waals surface area contributed by atoms with Crippen molar-refractivity contribution >= 4 is 46.5 Å². The predicted molar refractivity (Wildman–Crippen MR) is 100 cm³/mol. The number of anilines is 2. The van der Waals surface area contributed by atoms with Crippen LogP contribution >= 0.6 is 23.2 Å². The molecular weight excluding hydrogens is 363 g/mol. The largest absolute Gasteiger partial charge is 0.325 e. The third-order valence-corrected chi connectivity index (χ3v) is 4.02. The number of hydrogen-bond acceptors (Lipinski definition) is 4. The summed E-state index contributed by atoms with van der Waals surface area (Å²) in [4.78, 5) is 30.0. The number of hydrogen-bond donors (Lipinski definition) is 2. The van der Waals surface area contributed by atoms with Gasteiger partial charge in [-0.15, -0.1) is 0 Å². The summed E-state index contributed by atoms with van der Waals surface area (Å²) < 4.78 is 0. The average molecular weight is 381 g/mol. The molecule has 0 aliphatic rings. The van der Waals surface area contributed by atoms with Crippen LogP contribution in [-0.4, -0.2) is 41.3 Å². The van der Waals surface area contributed by atoms with E-state index in [4.69, 9.17) is 23.2 Å². The van der Waals surface area contributed by atoms with Gasteiger partial charge in [0.05, 0.1) is 17.6 Å². The molecule has 0 saturated carbocycles. The van der Waals surface area contributed by atoms with Gasteiger partial charge in [0.15, 0.2) is 0 Å². The van der Waals surface area contributed by atoms with Gasteiger partial charge in [-0.3, -0.25) is 14.5 Å². The van der Waals surface area contributed by atoms with E-state index in [1.807, 2.05) is 0 Å². The maximum absolute atomic E-state index is 12.2. The standard InChI is InChI=1S/C17H18Cl2N4O2/c1-11(17(25)22-15-8-5-13(19)9-20-15)23(2)10-16(24)21-14-6-3-12(18)4-7-14/h3-9,11H,10H2,1-2H3,(H,21,24)(H,20,22,25)/t11-/m1/s1. The van der Waals surface area contributed by atoms with E-state index >= 15 is 0 Å². The van der Waals surface area contributed by atoms with Crippen LogP contribution in [0.5, 0.6) is 0 Å². The van der Waals surface area contributed by atoms with Crippen LogP contribution in [0.3, 0.4) is 0 Å². The van der Waals surface area contributed by atoms with Crippen molar-refractivity contribution in [2.45, 2.75) is 13.0 Å². The number of halogens is 2. The van der Waals surface area contributed by atoms with E-state index in [0.29, 0.717) is 21.6 Å². The fourth-order valence-electron chi connectivity index (χ4n) is 1.98. The molecule has 0 saturated heterocycles. The van der Waals surface area contributed by atoms with Crippen LogP contribution in [0.25, 0.3) is 0 Å². The molecule has 0 bridgehead atoms. The van der Waals surface area contributed by atoms with E-state index in [9.17, 15) is 9.59 Å². The van der Waals surface area contributed by atoms with Crippen LogP contribution in [0.1, 0.15) is 6.92 Å². The number of nitrogens with zero attached hydrogens (tertiary/aromatic N) is 2. The number of rotatable bonds is 6. The lowest BCUT2D eigenvalue weighted by Gasteiger charge is -2.23. The Bertz CT molecular complexity index is 735. The molecule has 0 aliphatic carbocycles. The van der Waals surface area contributed by atoms with E-state index in [2.05, 4.69) is 15.6 Å². The van der Waals surface area contributed by atoms with E-state index in [0.717, 1.165) is 0 Å². The molecule has 132 valence electrons. The van der Waals surface area contributed by atoms with E-state index in [1.165, 1.54) is 6.20 Å². The average Bonchev–Trinajstić information content (AvgIpc) is 2.58. The topological polar surface area (TPSA) is 74.3 Å². The highest BCUT2D eigenvalue weighted by atomic mass is 35.5. The van der Waals surface area contributed by atoms with Gasteiger partial charge >= 0.3 is 0 Å². The van der Waals surface area contributed by atoms with Gasteiger partial charge in [-0.1, -0.05) is 23.2 Å². The molecule has 8 heteroatoms. The highest BCUT2D eigenvalue weighted by molar-refractivity contribution is 6.30. The van der Waals surface area contributed by atoms with Crippen LogP contribution in [-0.2, 0) is 9.59 Å². The van der Waals surface area contributed by atoms with Crippen molar-refractivity contribution in [3.63, 3.8) is 0 Å².